The number of hydrogen-bond acceptors (Lipinski definition) is 2. The first-order valence-electron chi connectivity index (χ1n) is 11.0. The Labute approximate surface area is 168 Å². The summed E-state index contributed by atoms with van der Waals surface area (Å²) in [5.41, 5.74) is 3.02. The molecule has 0 aromatic heterocycles. The number of benzene rings is 1. The van der Waals surface area contributed by atoms with Gasteiger partial charge in [-0.3, -0.25) is 0 Å². The van der Waals surface area contributed by atoms with Gasteiger partial charge in [-0.2, -0.15) is 0 Å². The summed E-state index contributed by atoms with van der Waals surface area (Å²) in [5.74, 6) is 0.129. The van der Waals surface area contributed by atoms with Gasteiger partial charge in [0, 0.05) is 5.56 Å². The molecule has 0 atom stereocenters. The summed E-state index contributed by atoms with van der Waals surface area (Å²) in [5, 5.41) is 20.2. The van der Waals surface area contributed by atoms with Crippen LogP contribution in [0.3, 0.4) is 0 Å². The van der Waals surface area contributed by atoms with Crippen LogP contribution in [0.2, 0.25) is 0 Å². The van der Waals surface area contributed by atoms with Gasteiger partial charge in [-0.15, -0.1) is 0 Å². The molecule has 0 heterocycles. The van der Waals surface area contributed by atoms with Crippen LogP contribution in [0.15, 0.2) is 12.1 Å². The highest BCUT2D eigenvalue weighted by molar-refractivity contribution is 5.49. The number of unbranched alkanes of at least 4 members (excludes halogenated alkanes) is 5. The van der Waals surface area contributed by atoms with Crippen LogP contribution in [0.25, 0.3) is 0 Å². The van der Waals surface area contributed by atoms with E-state index in [-0.39, 0.29) is 11.5 Å². The molecular weight excluding hydrogens is 332 g/mol. The highest BCUT2D eigenvalue weighted by atomic mass is 16.3. The molecule has 0 aliphatic carbocycles. The Morgan fingerprint density at radius 2 is 1.11 bits per heavy atom. The van der Waals surface area contributed by atoms with E-state index in [0.717, 1.165) is 31.2 Å². The third-order valence-electron chi connectivity index (χ3n) is 5.33. The molecule has 0 fully saturated rings. The minimum absolute atomic E-state index is 0.0219. The molecule has 27 heavy (non-hydrogen) atoms. The number of hydrogen-bond donors (Lipinski definition) is 2. The van der Waals surface area contributed by atoms with Gasteiger partial charge in [-0.1, -0.05) is 79.7 Å². The van der Waals surface area contributed by atoms with Gasteiger partial charge in [0.05, 0.1) is 0 Å². The lowest BCUT2D eigenvalue weighted by molar-refractivity contribution is 0.357. The van der Waals surface area contributed by atoms with Crippen molar-refractivity contribution in [3.05, 3.63) is 23.3 Å². The Bertz CT molecular complexity index is 547. The van der Waals surface area contributed by atoms with E-state index in [9.17, 15) is 10.2 Å². The Hall–Kier alpha value is -1.18. The predicted octanol–water partition coefficient (Wildman–Crippen LogP) is 7.79. The van der Waals surface area contributed by atoms with E-state index >= 15 is 0 Å². The predicted molar refractivity (Wildman–Crippen MR) is 118 cm³/mol. The fraction of sp³-hybridized carbons (Fsp3) is 0.760. The van der Waals surface area contributed by atoms with Gasteiger partial charge in [-0.25, -0.2) is 0 Å². The number of aromatic hydroxyl groups is 2. The van der Waals surface area contributed by atoms with Crippen molar-refractivity contribution in [2.24, 2.45) is 10.8 Å². The SMILES string of the molecule is CC(C)(C)CCCCCCc1ccc(O)c(O)c1CCCCCC(C)(C)C. The summed E-state index contributed by atoms with van der Waals surface area (Å²) < 4.78 is 0. The van der Waals surface area contributed by atoms with Crippen molar-refractivity contribution in [2.45, 2.75) is 112 Å². The molecule has 156 valence electrons. The van der Waals surface area contributed by atoms with Crippen LogP contribution in [-0.2, 0) is 12.8 Å². The lowest BCUT2D eigenvalue weighted by atomic mass is 9.88. The summed E-state index contributed by atoms with van der Waals surface area (Å²) in [4.78, 5) is 0. The minimum atomic E-state index is 0.0219. The number of rotatable bonds is 11. The zero-order valence-corrected chi connectivity index (χ0v) is 18.8. The molecule has 2 N–H and O–H groups in total. The van der Waals surface area contributed by atoms with Gasteiger partial charge in [-0.05, 0) is 61.0 Å². The molecule has 0 amide bonds. The highest BCUT2D eigenvalue weighted by Gasteiger charge is 2.13. The molecular formula is C25H44O2. The maximum Gasteiger partial charge on any atom is 0.160 e. The second kappa shape index (κ2) is 11.0. The number of phenols is 2. The van der Waals surface area contributed by atoms with Crippen LogP contribution in [0.5, 0.6) is 11.5 Å². The van der Waals surface area contributed by atoms with E-state index in [1.54, 1.807) is 6.07 Å². The third kappa shape index (κ3) is 10.7. The molecule has 0 spiro atoms. The van der Waals surface area contributed by atoms with E-state index in [2.05, 4.69) is 41.5 Å². The Kier molecular flexibility index (Phi) is 9.70. The zero-order valence-electron chi connectivity index (χ0n) is 18.8. The topological polar surface area (TPSA) is 40.5 Å². The highest BCUT2D eigenvalue weighted by Crippen LogP contribution is 2.34. The standard InChI is InChI=1S/C25H44O2/c1-24(2,3)18-12-8-7-10-14-20-16-17-22(26)23(27)21(20)15-11-9-13-19-25(4,5)6/h16-17,26-27H,7-15,18-19H2,1-6H3. The van der Waals surface area contributed by atoms with Crippen molar-refractivity contribution in [2.75, 3.05) is 0 Å². The first kappa shape index (κ1) is 23.9. The number of phenolic OH excluding ortho intramolecular Hbond substituents is 2. The fourth-order valence-electron chi connectivity index (χ4n) is 3.64. The van der Waals surface area contributed by atoms with E-state index in [1.165, 1.54) is 50.5 Å². The molecule has 2 heteroatoms. The average molecular weight is 377 g/mol. The fourth-order valence-corrected chi connectivity index (χ4v) is 3.64. The van der Waals surface area contributed by atoms with Crippen molar-refractivity contribution in [3.8, 4) is 11.5 Å². The molecule has 0 unspecified atom stereocenters. The lowest BCUT2D eigenvalue weighted by Crippen LogP contribution is -2.04. The van der Waals surface area contributed by atoms with E-state index < -0.39 is 0 Å². The smallest absolute Gasteiger partial charge is 0.160 e. The van der Waals surface area contributed by atoms with Gasteiger partial charge in [0.2, 0.25) is 0 Å². The second-order valence-electron chi connectivity index (χ2n) is 10.7. The normalized spacial score (nSPS) is 12.5. The van der Waals surface area contributed by atoms with Gasteiger partial charge in [0.1, 0.15) is 0 Å². The molecule has 1 aromatic carbocycles. The quantitative estimate of drug-likeness (QED) is 0.306. The van der Waals surface area contributed by atoms with Crippen molar-refractivity contribution >= 4 is 0 Å². The maximum atomic E-state index is 10.3. The van der Waals surface area contributed by atoms with Gasteiger partial charge < -0.3 is 10.2 Å². The van der Waals surface area contributed by atoms with Crippen molar-refractivity contribution < 1.29 is 10.2 Å². The second-order valence-corrected chi connectivity index (χ2v) is 10.7. The lowest BCUT2D eigenvalue weighted by Gasteiger charge is -2.18. The van der Waals surface area contributed by atoms with E-state index in [0.29, 0.717) is 10.8 Å². The monoisotopic (exact) mass is 376 g/mol. The van der Waals surface area contributed by atoms with Crippen molar-refractivity contribution in [1.82, 2.24) is 0 Å². The zero-order chi connectivity index (χ0) is 20.5. The Balaban J connectivity index is 2.46. The van der Waals surface area contributed by atoms with Crippen molar-refractivity contribution in [3.63, 3.8) is 0 Å². The van der Waals surface area contributed by atoms with Crippen LogP contribution in [0, 0.1) is 10.8 Å². The van der Waals surface area contributed by atoms with Crippen LogP contribution in [0.4, 0.5) is 0 Å². The van der Waals surface area contributed by atoms with Crippen LogP contribution in [-0.4, -0.2) is 10.2 Å². The van der Waals surface area contributed by atoms with E-state index in [4.69, 9.17) is 0 Å². The molecule has 1 aromatic rings. The average Bonchev–Trinajstić information content (AvgIpc) is 2.53. The molecule has 0 aliphatic rings. The van der Waals surface area contributed by atoms with Gasteiger partial charge in [0.15, 0.2) is 11.5 Å². The minimum Gasteiger partial charge on any atom is -0.504 e. The van der Waals surface area contributed by atoms with Crippen molar-refractivity contribution in [1.29, 1.82) is 0 Å². The Morgan fingerprint density at radius 3 is 1.67 bits per heavy atom. The summed E-state index contributed by atoms with van der Waals surface area (Å²) in [6, 6.07) is 3.65. The summed E-state index contributed by atoms with van der Waals surface area (Å²) in [6.45, 7) is 13.8. The largest absolute Gasteiger partial charge is 0.504 e. The molecule has 0 aliphatic heterocycles. The van der Waals surface area contributed by atoms with Crippen LogP contribution < -0.4 is 0 Å². The summed E-state index contributed by atoms with van der Waals surface area (Å²) >= 11 is 0. The third-order valence-corrected chi connectivity index (χ3v) is 5.33. The summed E-state index contributed by atoms with van der Waals surface area (Å²) in [7, 11) is 0. The Morgan fingerprint density at radius 1 is 0.630 bits per heavy atom. The summed E-state index contributed by atoms with van der Waals surface area (Å²) in [6.07, 6.45) is 12.8. The first-order valence-corrected chi connectivity index (χ1v) is 11.0. The maximum absolute atomic E-state index is 10.3. The van der Waals surface area contributed by atoms with Crippen LogP contribution in [0.1, 0.15) is 110 Å². The molecule has 2 nitrogen and oxygen atoms in total. The molecule has 0 saturated carbocycles. The number of aryl methyl sites for hydroxylation is 1. The van der Waals surface area contributed by atoms with E-state index in [1.807, 2.05) is 6.07 Å². The molecule has 0 radical (unpaired) electrons. The van der Waals surface area contributed by atoms with Crippen LogP contribution >= 0.6 is 0 Å². The van der Waals surface area contributed by atoms with Gasteiger partial charge in [0.25, 0.3) is 0 Å². The first-order chi connectivity index (χ1) is 12.5. The molecule has 1 rings (SSSR count). The van der Waals surface area contributed by atoms with Gasteiger partial charge >= 0.3 is 0 Å². The molecule has 0 saturated heterocycles. The molecule has 0 bridgehead atoms.